The van der Waals surface area contributed by atoms with Gasteiger partial charge in [0, 0.05) is 5.69 Å². The van der Waals surface area contributed by atoms with E-state index in [-0.39, 0.29) is 34.6 Å². The topological polar surface area (TPSA) is 81.1 Å². The van der Waals surface area contributed by atoms with Gasteiger partial charge in [-0.05, 0) is 47.0 Å². The summed E-state index contributed by atoms with van der Waals surface area (Å²) < 4.78 is 25.7. The van der Waals surface area contributed by atoms with Gasteiger partial charge in [-0.15, -0.1) is 11.3 Å². The van der Waals surface area contributed by atoms with E-state index in [2.05, 4.69) is 31.2 Å². The van der Waals surface area contributed by atoms with Crippen LogP contribution < -0.4 is 5.32 Å². The lowest BCUT2D eigenvalue weighted by atomic mass is 9.87. The third-order valence-electron chi connectivity index (χ3n) is 5.31. The quantitative estimate of drug-likeness (QED) is 0.643. The van der Waals surface area contributed by atoms with E-state index in [9.17, 15) is 13.2 Å². The predicted octanol–water partition coefficient (Wildman–Crippen LogP) is 4.52. The first-order chi connectivity index (χ1) is 14.1. The lowest BCUT2D eigenvalue weighted by Gasteiger charge is -2.19. The van der Waals surface area contributed by atoms with E-state index in [1.54, 1.807) is 10.7 Å². The van der Waals surface area contributed by atoms with Crippen molar-refractivity contribution in [1.29, 1.82) is 0 Å². The molecule has 1 saturated heterocycles. The van der Waals surface area contributed by atoms with Crippen molar-refractivity contribution in [3.05, 3.63) is 59.1 Å². The van der Waals surface area contributed by atoms with Crippen molar-refractivity contribution in [3.63, 3.8) is 0 Å². The van der Waals surface area contributed by atoms with Gasteiger partial charge in [-0.1, -0.05) is 39.0 Å². The first-order valence-corrected chi connectivity index (χ1v) is 12.6. The number of carbonyl (C=O) groups excluding carboxylic acids is 1. The lowest BCUT2D eigenvalue weighted by Crippen LogP contribution is -2.16. The van der Waals surface area contributed by atoms with Crippen LogP contribution in [0.3, 0.4) is 0 Å². The lowest BCUT2D eigenvalue weighted by molar-refractivity contribution is 0.102. The molecule has 0 radical (unpaired) electrons. The van der Waals surface area contributed by atoms with Gasteiger partial charge < -0.3 is 5.32 Å². The maximum atomic E-state index is 12.9. The summed E-state index contributed by atoms with van der Waals surface area (Å²) in [6.07, 6.45) is 0.512. The molecule has 1 amide bonds. The van der Waals surface area contributed by atoms with Crippen LogP contribution in [0.1, 0.15) is 49.3 Å². The van der Waals surface area contributed by atoms with Gasteiger partial charge in [0.25, 0.3) is 5.91 Å². The van der Waals surface area contributed by atoms with Crippen molar-refractivity contribution in [2.24, 2.45) is 0 Å². The van der Waals surface area contributed by atoms with E-state index in [1.807, 2.05) is 41.8 Å². The van der Waals surface area contributed by atoms with Crippen LogP contribution in [0.5, 0.6) is 0 Å². The Kier molecular flexibility index (Phi) is 5.32. The molecule has 1 N–H and O–H groups in total. The van der Waals surface area contributed by atoms with E-state index in [0.29, 0.717) is 12.1 Å². The monoisotopic (exact) mass is 443 g/mol. The summed E-state index contributed by atoms with van der Waals surface area (Å²) in [6, 6.07) is 13.2. The van der Waals surface area contributed by atoms with Crippen LogP contribution in [0.4, 0.5) is 5.69 Å². The van der Waals surface area contributed by atoms with Crippen molar-refractivity contribution < 1.29 is 13.2 Å². The van der Waals surface area contributed by atoms with E-state index in [0.717, 1.165) is 10.6 Å². The zero-order valence-corrected chi connectivity index (χ0v) is 18.9. The molecular weight excluding hydrogens is 418 g/mol. The predicted molar refractivity (Wildman–Crippen MR) is 121 cm³/mol. The minimum absolute atomic E-state index is 0.0402. The van der Waals surface area contributed by atoms with Crippen LogP contribution in [0.25, 0.3) is 10.6 Å². The number of amides is 1. The second-order valence-corrected chi connectivity index (χ2v) is 11.9. The standard InChI is InChI=1S/C22H25N3O3S2/c1-22(2,3)15-6-8-16(9-7-15)23-21(26)18-13-19(20-5-4-11-29-20)25(24-18)17-10-12-30(27,28)14-17/h4-9,11,13,17H,10,12,14H2,1-3H3,(H,23,26)/t17-/m1/s1. The molecule has 1 fully saturated rings. The van der Waals surface area contributed by atoms with Crippen molar-refractivity contribution in [2.45, 2.75) is 38.6 Å². The molecule has 0 spiro atoms. The second kappa shape index (κ2) is 7.67. The number of aromatic nitrogens is 2. The van der Waals surface area contributed by atoms with Crippen LogP contribution >= 0.6 is 11.3 Å². The number of thiophene rings is 1. The molecule has 0 aliphatic carbocycles. The fourth-order valence-corrected chi connectivity index (χ4v) is 6.04. The number of carbonyl (C=O) groups is 1. The molecule has 4 rings (SSSR count). The molecule has 0 bridgehead atoms. The molecule has 6 nitrogen and oxygen atoms in total. The minimum atomic E-state index is -3.06. The third-order valence-corrected chi connectivity index (χ3v) is 7.95. The van der Waals surface area contributed by atoms with E-state index >= 15 is 0 Å². The van der Waals surface area contributed by atoms with Gasteiger partial charge in [0.2, 0.25) is 0 Å². The number of sulfone groups is 1. The van der Waals surface area contributed by atoms with Gasteiger partial charge in [-0.25, -0.2) is 8.42 Å². The average molecular weight is 444 g/mol. The second-order valence-electron chi connectivity index (χ2n) is 8.68. The number of nitrogens with zero attached hydrogens (tertiary/aromatic N) is 2. The number of rotatable bonds is 4. The van der Waals surface area contributed by atoms with Gasteiger partial charge in [0.05, 0.1) is 28.1 Å². The molecule has 3 heterocycles. The highest BCUT2D eigenvalue weighted by atomic mass is 32.2. The summed E-state index contributed by atoms with van der Waals surface area (Å²) in [5.74, 6) is -0.0956. The maximum absolute atomic E-state index is 12.9. The van der Waals surface area contributed by atoms with E-state index in [1.165, 1.54) is 16.9 Å². The molecule has 30 heavy (non-hydrogen) atoms. The fraction of sp³-hybridized carbons (Fsp3) is 0.364. The summed E-state index contributed by atoms with van der Waals surface area (Å²) in [6.45, 7) is 6.42. The van der Waals surface area contributed by atoms with Crippen LogP contribution in [-0.4, -0.2) is 35.6 Å². The van der Waals surface area contributed by atoms with Crippen molar-refractivity contribution in [2.75, 3.05) is 16.8 Å². The van der Waals surface area contributed by atoms with Crippen molar-refractivity contribution in [1.82, 2.24) is 9.78 Å². The molecule has 0 unspecified atom stereocenters. The van der Waals surface area contributed by atoms with Crippen molar-refractivity contribution >= 4 is 32.8 Å². The van der Waals surface area contributed by atoms with Gasteiger partial charge in [-0.3, -0.25) is 9.48 Å². The highest BCUT2D eigenvalue weighted by Crippen LogP contribution is 2.32. The fourth-order valence-electron chi connectivity index (χ4n) is 3.61. The Morgan fingerprint density at radius 1 is 1.20 bits per heavy atom. The molecule has 1 aliphatic rings. The van der Waals surface area contributed by atoms with Gasteiger partial charge in [-0.2, -0.15) is 5.10 Å². The third kappa shape index (κ3) is 4.34. The van der Waals surface area contributed by atoms with Crippen LogP contribution in [0.2, 0.25) is 0 Å². The van der Waals surface area contributed by atoms with Crippen LogP contribution in [-0.2, 0) is 15.3 Å². The molecule has 1 aliphatic heterocycles. The van der Waals surface area contributed by atoms with Gasteiger partial charge >= 0.3 is 0 Å². The first kappa shape index (κ1) is 20.8. The molecule has 158 valence electrons. The number of hydrogen-bond donors (Lipinski definition) is 1. The van der Waals surface area contributed by atoms with Gasteiger partial charge in [0.15, 0.2) is 15.5 Å². The summed E-state index contributed by atoms with van der Waals surface area (Å²) in [4.78, 5) is 13.8. The first-order valence-electron chi connectivity index (χ1n) is 9.88. The number of nitrogens with one attached hydrogen (secondary N) is 1. The molecule has 0 saturated carbocycles. The minimum Gasteiger partial charge on any atom is -0.321 e. The number of benzene rings is 1. The Balaban J connectivity index is 1.61. The molecule has 8 heteroatoms. The summed E-state index contributed by atoms with van der Waals surface area (Å²) in [5, 5.41) is 9.37. The molecule has 3 aromatic rings. The Bertz CT molecular complexity index is 1160. The van der Waals surface area contributed by atoms with Crippen LogP contribution in [0.15, 0.2) is 47.8 Å². The highest BCUT2D eigenvalue weighted by Gasteiger charge is 2.32. The zero-order chi connectivity index (χ0) is 21.5. The highest BCUT2D eigenvalue weighted by molar-refractivity contribution is 7.91. The maximum Gasteiger partial charge on any atom is 0.276 e. The van der Waals surface area contributed by atoms with E-state index < -0.39 is 9.84 Å². The molecule has 1 aromatic carbocycles. The normalized spacial score (nSPS) is 18.4. The largest absolute Gasteiger partial charge is 0.321 e. The van der Waals surface area contributed by atoms with Crippen molar-refractivity contribution in [3.8, 4) is 10.6 Å². The molecular formula is C22H25N3O3S2. The SMILES string of the molecule is CC(C)(C)c1ccc(NC(=O)c2cc(-c3cccs3)n([C@@H]3CCS(=O)(=O)C3)n2)cc1. The number of hydrogen-bond acceptors (Lipinski definition) is 5. The summed E-state index contributed by atoms with van der Waals surface area (Å²) in [7, 11) is -3.06. The van der Waals surface area contributed by atoms with E-state index in [4.69, 9.17) is 0 Å². The Hall–Kier alpha value is -2.45. The summed E-state index contributed by atoms with van der Waals surface area (Å²) >= 11 is 1.54. The van der Waals surface area contributed by atoms with Gasteiger partial charge in [0.1, 0.15) is 0 Å². The Labute approximate surface area is 180 Å². The zero-order valence-electron chi connectivity index (χ0n) is 17.3. The summed E-state index contributed by atoms with van der Waals surface area (Å²) in [5.41, 5.74) is 2.98. The molecule has 2 aromatic heterocycles. The smallest absolute Gasteiger partial charge is 0.276 e. The average Bonchev–Trinajstić information content (AvgIpc) is 3.39. The Morgan fingerprint density at radius 2 is 1.93 bits per heavy atom. The Morgan fingerprint density at radius 3 is 2.50 bits per heavy atom. The number of anilines is 1. The molecule has 1 atom stereocenters. The van der Waals surface area contributed by atoms with Crippen LogP contribution in [0, 0.1) is 0 Å².